The largest absolute Gasteiger partial charge is 0.476 e. The zero-order valence-corrected chi connectivity index (χ0v) is 11.8. The molecule has 0 aliphatic heterocycles. The van der Waals surface area contributed by atoms with Gasteiger partial charge in [-0.3, -0.25) is 0 Å². The minimum Gasteiger partial charge on any atom is -0.476 e. The molecule has 0 amide bonds. The molecule has 0 saturated carbocycles. The van der Waals surface area contributed by atoms with Crippen LogP contribution in [0.2, 0.25) is 0 Å². The monoisotopic (exact) mass is 253 g/mol. The summed E-state index contributed by atoms with van der Waals surface area (Å²) in [5.74, 6) is 7.22. The zero-order valence-electron chi connectivity index (χ0n) is 11.8. The molecule has 6 nitrogen and oxygen atoms in total. The lowest BCUT2D eigenvalue weighted by atomic mass is 9.96. The number of hydrazine groups is 1. The summed E-state index contributed by atoms with van der Waals surface area (Å²) in [6.07, 6.45) is 0. The fraction of sp³-hybridized carbons (Fsp3) is 0.667. The van der Waals surface area contributed by atoms with E-state index in [0.29, 0.717) is 24.1 Å². The number of rotatable bonds is 5. The molecular formula is C12H23N5O. The second-order valence-corrected chi connectivity index (χ2v) is 5.46. The Labute approximate surface area is 109 Å². The molecule has 1 aromatic rings. The first-order valence-electron chi connectivity index (χ1n) is 5.96. The van der Waals surface area contributed by atoms with Crippen LogP contribution < -0.4 is 16.0 Å². The second-order valence-electron chi connectivity index (χ2n) is 5.46. The third kappa shape index (κ3) is 4.46. The number of anilines is 1. The molecule has 1 rings (SSSR count). The SMILES string of the molecule is CN(C)CCOc1cc(NN)nc(C(C)(C)C)n1. The molecule has 0 atom stereocenters. The number of nitrogens with two attached hydrogens (primary N) is 1. The lowest BCUT2D eigenvalue weighted by molar-refractivity contribution is 0.252. The highest BCUT2D eigenvalue weighted by molar-refractivity contribution is 5.37. The van der Waals surface area contributed by atoms with E-state index in [1.807, 2.05) is 39.8 Å². The summed E-state index contributed by atoms with van der Waals surface area (Å²) < 4.78 is 5.61. The van der Waals surface area contributed by atoms with Gasteiger partial charge in [0.15, 0.2) is 0 Å². The molecule has 0 bridgehead atoms. The van der Waals surface area contributed by atoms with Crippen molar-refractivity contribution in [3.8, 4) is 5.88 Å². The van der Waals surface area contributed by atoms with Gasteiger partial charge >= 0.3 is 0 Å². The van der Waals surface area contributed by atoms with Gasteiger partial charge in [0.25, 0.3) is 0 Å². The van der Waals surface area contributed by atoms with Crippen molar-refractivity contribution in [3.05, 3.63) is 11.9 Å². The maximum Gasteiger partial charge on any atom is 0.218 e. The summed E-state index contributed by atoms with van der Waals surface area (Å²) in [6, 6.07) is 1.70. The number of nitrogens with one attached hydrogen (secondary N) is 1. The molecular weight excluding hydrogens is 230 g/mol. The van der Waals surface area contributed by atoms with Crippen LogP contribution in [-0.4, -0.2) is 42.1 Å². The van der Waals surface area contributed by atoms with Crippen molar-refractivity contribution in [2.45, 2.75) is 26.2 Å². The summed E-state index contributed by atoms with van der Waals surface area (Å²) >= 11 is 0. The van der Waals surface area contributed by atoms with Crippen molar-refractivity contribution in [2.75, 3.05) is 32.7 Å². The number of hydrogen-bond acceptors (Lipinski definition) is 6. The van der Waals surface area contributed by atoms with Crippen LogP contribution in [0.3, 0.4) is 0 Å². The average Bonchev–Trinajstić information content (AvgIpc) is 2.27. The van der Waals surface area contributed by atoms with Gasteiger partial charge in [-0.05, 0) is 14.1 Å². The van der Waals surface area contributed by atoms with Crippen LogP contribution in [0.25, 0.3) is 0 Å². The summed E-state index contributed by atoms with van der Waals surface area (Å²) in [6.45, 7) is 7.56. The molecule has 0 aromatic carbocycles. The van der Waals surface area contributed by atoms with E-state index in [2.05, 4.69) is 15.4 Å². The van der Waals surface area contributed by atoms with Crippen LogP contribution in [0, 0.1) is 0 Å². The topological polar surface area (TPSA) is 76.3 Å². The lowest BCUT2D eigenvalue weighted by Gasteiger charge is -2.18. The molecule has 6 heteroatoms. The first-order chi connectivity index (χ1) is 8.32. The van der Waals surface area contributed by atoms with Crippen LogP contribution in [0.1, 0.15) is 26.6 Å². The van der Waals surface area contributed by atoms with E-state index in [9.17, 15) is 0 Å². The van der Waals surface area contributed by atoms with Gasteiger partial charge in [0, 0.05) is 18.0 Å². The minimum atomic E-state index is -0.146. The highest BCUT2D eigenvalue weighted by Crippen LogP contribution is 2.22. The molecule has 102 valence electrons. The fourth-order valence-corrected chi connectivity index (χ4v) is 1.24. The predicted octanol–water partition coefficient (Wildman–Crippen LogP) is 1.00. The Balaban J connectivity index is 2.84. The number of hydrogen-bond donors (Lipinski definition) is 2. The number of aromatic nitrogens is 2. The summed E-state index contributed by atoms with van der Waals surface area (Å²) in [7, 11) is 3.99. The highest BCUT2D eigenvalue weighted by atomic mass is 16.5. The first-order valence-corrected chi connectivity index (χ1v) is 5.96. The maximum atomic E-state index is 5.61. The minimum absolute atomic E-state index is 0.146. The number of nitrogen functional groups attached to an aromatic ring is 1. The number of nitrogens with zero attached hydrogens (tertiary/aromatic N) is 3. The van der Waals surface area contributed by atoms with Gasteiger partial charge < -0.3 is 15.1 Å². The normalized spacial score (nSPS) is 11.7. The molecule has 0 spiro atoms. The van der Waals surface area contributed by atoms with Crippen molar-refractivity contribution >= 4 is 5.82 Å². The van der Waals surface area contributed by atoms with Crippen LogP contribution in [0.15, 0.2) is 6.07 Å². The summed E-state index contributed by atoms with van der Waals surface area (Å²) in [5.41, 5.74) is 2.39. The molecule has 0 radical (unpaired) electrons. The van der Waals surface area contributed by atoms with Gasteiger partial charge in [-0.25, -0.2) is 10.8 Å². The van der Waals surface area contributed by atoms with Crippen molar-refractivity contribution < 1.29 is 4.74 Å². The van der Waals surface area contributed by atoms with Crippen LogP contribution >= 0.6 is 0 Å². The number of likely N-dealkylation sites (N-methyl/N-ethyl adjacent to an activating group) is 1. The van der Waals surface area contributed by atoms with Crippen molar-refractivity contribution in [1.82, 2.24) is 14.9 Å². The molecule has 0 unspecified atom stereocenters. The van der Waals surface area contributed by atoms with Crippen LogP contribution in [0.4, 0.5) is 5.82 Å². The predicted molar refractivity (Wildman–Crippen MR) is 72.6 cm³/mol. The molecule has 0 fully saturated rings. The smallest absolute Gasteiger partial charge is 0.218 e. The molecule has 1 heterocycles. The summed E-state index contributed by atoms with van der Waals surface area (Å²) in [5, 5.41) is 0. The lowest BCUT2D eigenvalue weighted by Crippen LogP contribution is -2.22. The van der Waals surface area contributed by atoms with Crippen molar-refractivity contribution in [1.29, 1.82) is 0 Å². The average molecular weight is 253 g/mol. The van der Waals surface area contributed by atoms with Crippen molar-refractivity contribution in [2.24, 2.45) is 5.84 Å². The maximum absolute atomic E-state index is 5.61. The van der Waals surface area contributed by atoms with E-state index in [1.165, 1.54) is 0 Å². The quantitative estimate of drug-likeness (QED) is 0.602. The van der Waals surface area contributed by atoms with E-state index >= 15 is 0 Å². The number of ether oxygens (including phenoxy) is 1. The van der Waals surface area contributed by atoms with Gasteiger partial charge in [-0.15, -0.1) is 0 Å². The Morgan fingerprint density at radius 1 is 1.33 bits per heavy atom. The second kappa shape index (κ2) is 5.97. The molecule has 3 N–H and O–H groups in total. The molecule has 1 aromatic heterocycles. The Morgan fingerprint density at radius 2 is 2.00 bits per heavy atom. The molecule has 0 aliphatic carbocycles. The third-order valence-corrected chi connectivity index (χ3v) is 2.31. The van der Waals surface area contributed by atoms with Gasteiger partial charge in [0.2, 0.25) is 5.88 Å². The molecule has 0 aliphatic rings. The highest BCUT2D eigenvalue weighted by Gasteiger charge is 2.19. The van der Waals surface area contributed by atoms with Crippen molar-refractivity contribution in [3.63, 3.8) is 0 Å². The Kier molecular flexibility index (Phi) is 4.86. The van der Waals surface area contributed by atoms with Crippen LogP contribution in [0.5, 0.6) is 5.88 Å². The van der Waals surface area contributed by atoms with E-state index < -0.39 is 0 Å². The van der Waals surface area contributed by atoms with E-state index in [1.54, 1.807) is 6.07 Å². The van der Waals surface area contributed by atoms with Gasteiger partial charge in [-0.2, -0.15) is 4.98 Å². The Morgan fingerprint density at radius 3 is 2.50 bits per heavy atom. The Bertz CT molecular complexity index is 387. The third-order valence-electron chi connectivity index (χ3n) is 2.31. The van der Waals surface area contributed by atoms with Gasteiger partial charge in [0.1, 0.15) is 18.2 Å². The van der Waals surface area contributed by atoms with E-state index in [0.717, 1.165) is 6.54 Å². The standard InChI is InChI=1S/C12H23N5O/c1-12(2,3)11-14-9(16-13)8-10(15-11)18-7-6-17(4)5/h8H,6-7,13H2,1-5H3,(H,14,15,16). The molecule has 0 saturated heterocycles. The van der Waals surface area contributed by atoms with E-state index in [-0.39, 0.29) is 5.41 Å². The van der Waals surface area contributed by atoms with Crippen LogP contribution in [-0.2, 0) is 5.41 Å². The zero-order chi connectivity index (χ0) is 13.8. The Hall–Kier alpha value is -1.40. The fourth-order valence-electron chi connectivity index (χ4n) is 1.24. The first kappa shape index (κ1) is 14.7. The summed E-state index contributed by atoms with van der Waals surface area (Å²) in [4.78, 5) is 10.8. The van der Waals surface area contributed by atoms with Gasteiger partial charge in [0.05, 0.1) is 0 Å². The molecule has 18 heavy (non-hydrogen) atoms. The van der Waals surface area contributed by atoms with Gasteiger partial charge in [-0.1, -0.05) is 20.8 Å². The van der Waals surface area contributed by atoms with E-state index in [4.69, 9.17) is 10.6 Å².